The van der Waals surface area contributed by atoms with E-state index >= 15 is 0 Å². The maximum absolute atomic E-state index is 13.6. The van der Waals surface area contributed by atoms with E-state index in [-0.39, 0.29) is 66.8 Å². The van der Waals surface area contributed by atoms with Crippen molar-refractivity contribution < 1.29 is 55.1 Å². The van der Waals surface area contributed by atoms with Crippen molar-refractivity contribution in [3.05, 3.63) is 138 Å². The molecule has 24 heteroatoms. The van der Waals surface area contributed by atoms with Gasteiger partial charge in [-0.25, -0.2) is 0 Å². The van der Waals surface area contributed by atoms with Crippen LogP contribution in [0, 0.1) is 0 Å². The quantitative estimate of drug-likeness (QED) is 0.0430. The molecule has 5 aromatic rings. The molecule has 2 unspecified atom stereocenters. The molecule has 4 N–H and O–H groups in total. The number of rotatable bonds is 16. The van der Waals surface area contributed by atoms with Crippen LogP contribution in [0.25, 0.3) is 0 Å². The molecule has 366 valence electrons. The van der Waals surface area contributed by atoms with Crippen molar-refractivity contribution in [2.45, 2.75) is 65.0 Å². The van der Waals surface area contributed by atoms with Gasteiger partial charge in [0.25, 0.3) is 23.6 Å². The van der Waals surface area contributed by atoms with Crippen LogP contribution in [0.3, 0.4) is 0 Å². The number of Topliss-reactive ketones (excluding diaryl/α,β-unsaturated/α-hetero) is 2. The van der Waals surface area contributed by atoms with Crippen LogP contribution in [0.5, 0.6) is 0 Å². The third-order valence-corrected chi connectivity index (χ3v) is 11.1. The van der Waals surface area contributed by atoms with E-state index in [1.165, 1.54) is 36.4 Å². The molecule has 0 heterocycles. The Morgan fingerprint density at radius 1 is 0.500 bits per heavy atom. The molecule has 0 bridgehead atoms. The molecule has 2 atom stereocenters. The summed E-state index contributed by atoms with van der Waals surface area (Å²) in [5.41, 5.74) is -2.88. The molecule has 0 aliphatic heterocycles. The van der Waals surface area contributed by atoms with Gasteiger partial charge < -0.3 is 21.3 Å². The van der Waals surface area contributed by atoms with Crippen molar-refractivity contribution in [3.63, 3.8) is 0 Å². The summed E-state index contributed by atoms with van der Waals surface area (Å²) in [4.78, 5) is 78.7. The fourth-order valence-electron chi connectivity index (χ4n) is 6.58. The highest BCUT2D eigenvalue weighted by Crippen LogP contribution is 2.39. The van der Waals surface area contributed by atoms with Crippen LogP contribution in [0.4, 0.5) is 60.5 Å². The molecule has 5 aromatic carbocycles. The summed E-state index contributed by atoms with van der Waals surface area (Å²) in [7, 11) is 0. The maximum atomic E-state index is 13.6. The lowest BCUT2D eigenvalue weighted by molar-refractivity contribution is -0.137. The molecule has 0 spiro atoms. The van der Waals surface area contributed by atoms with Gasteiger partial charge in [-0.15, -0.1) is 0 Å². The number of nitrogens with zero attached hydrogens (tertiary/aromatic N) is 4. The number of carbonyl (C=O) groups excluding carboxylic acids is 6. The molecule has 0 fully saturated rings. The van der Waals surface area contributed by atoms with Gasteiger partial charge in [-0.3, -0.25) is 28.8 Å². The van der Waals surface area contributed by atoms with Crippen LogP contribution in [-0.4, -0.2) is 47.3 Å². The van der Waals surface area contributed by atoms with Gasteiger partial charge >= 0.3 is 12.4 Å². The van der Waals surface area contributed by atoms with E-state index in [1.807, 2.05) is 0 Å². The highest BCUT2D eigenvalue weighted by atomic mass is 35.5. The Hall–Kier alpha value is -6.74. The molecule has 0 aliphatic carbocycles. The largest absolute Gasteiger partial charge is 0.418 e. The second-order valence-electron chi connectivity index (χ2n) is 14.9. The van der Waals surface area contributed by atoms with E-state index in [4.69, 9.17) is 46.4 Å². The van der Waals surface area contributed by atoms with E-state index < -0.39 is 82.1 Å². The number of nitrogens with one attached hydrogen (secondary N) is 4. The standard InChI is InChI=1S/C46H36Cl4F6N8O6/c1-5-27-28(6-2)34(58-44(70)40(22(4)66)64-62-38-18-24(8-12-32(38)50)42(68)60-36-14-10-26(48)20-30(36)46(54,55)56)16-15-33(27)57-43(69)39(21(3)65)63-61-37-17-23(7-11-31(37)49)41(67)59-35-13-9-25(47)19-29(35)45(51,52)53/h7-20,39-40H,5-6H2,1-4H3,(H,57,69)(H,58,70)(H,59,67)(H,60,68). The number of amides is 4. The maximum Gasteiger partial charge on any atom is 0.418 e. The predicted octanol–water partition coefficient (Wildman–Crippen LogP) is 13.3. The summed E-state index contributed by atoms with van der Waals surface area (Å²) in [6.45, 7) is 5.63. The highest BCUT2D eigenvalue weighted by Gasteiger charge is 2.36. The molecule has 70 heavy (non-hydrogen) atoms. The van der Waals surface area contributed by atoms with Crippen molar-refractivity contribution in [3.8, 4) is 0 Å². The highest BCUT2D eigenvalue weighted by molar-refractivity contribution is 6.34. The number of benzene rings is 5. The minimum atomic E-state index is -4.85. The molecule has 4 amide bonds. The molecule has 5 rings (SSSR count). The van der Waals surface area contributed by atoms with E-state index in [0.29, 0.717) is 23.3 Å². The van der Waals surface area contributed by atoms with Crippen molar-refractivity contribution in [2.24, 2.45) is 20.5 Å². The summed E-state index contributed by atoms with van der Waals surface area (Å²) in [6.07, 6.45) is -9.15. The van der Waals surface area contributed by atoms with Gasteiger partial charge in [0.05, 0.1) is 32.5 Å². The molecule has 0 saturated carbocycles. The Labute approximate surface area is 414 Å². The first-order valence-corrected chi connectivity index (χ1v) is 21.9. The lowest BCUT2D eigenvalue weighted by Crippen LogP contribution is -2.33. The number of ketones is 2. The SMILES string of the molecule is CCc1c(NC(=O)C(N=Nc2cc(C(=O)Nc3ccc(Cl)cc3C(F)(F)F)ccc2Cl)C(C)=O)ccc(NC(=O)C(N=Nc2cc(C(=O)Nc3ccc(Cl)cc3C(F)(F)F)ccc2Cl)C(C)=O)c1CC. The molecular formula is C46H36Cl4F6N8O6. The third kappa shape index (κ3) is 13.5. The third-order valence-electron chi connectivity index (χ3n) is 9.97. The minimum absolute atomic E-state index is 0.0840. The topological polar surface area (TPSA) is 200 Å². The monoisotopic (exact) mass is 1050 g/mol. The zero-order chi connectivity index (χ0) is 51.8. The van der Waals surface area contributed by atoms with Gasteiger partial charge in [-0.1, -0.05) is 60.3 Å². The Bertz CT molecular complexity index is 2770. The van der Waals surface area contributed by atoms with Crippen LogP contribution in [0.15, 0.2) is 105 Å². The Balaban J connectivity index is 1.32. The van der Waals surface area contributed by atoms with Crippen molar-refractivity contribution in [1.82, 2.24) is 0 Å². The van der Waals surface area contributed by atoms with E-state index in [9.17, 15) is 55.1 Å². The van der Waals surface area contributed by atoms with E-state index in [0.717, 1.165) is 50.2 Å². The Morgan fingerprint density at radius 3 is 1.16 bits per heavy atom. The fourth-order valence-corrected chi connectivity index (χ4v) is 7.24. The number of azo groups is 2. The zero-order valence-electron chi connectivity index (χ0n) is 36.7. The number of hydrogen-bond acceptors (Lipinski definition) is 10. The average Bonchev–Trinajstić information content (AvgIpc) is 3.28. The lowest BCUT2D eigenvalue weighted by atomic mass is 9.98. The molecule has 0 saturated heterocycles. The number of halogens is 10. The molecule has 0 aliphatic rings. The molecule has 0 radical (unpaired) electrons. The summed E-state index contributed by atoms with van der Waals surface area (Å²) < 4.78 is 81.8. The fraction of sp³-hybridized carbons (Fsp3) is 0.217. The number of anilines is 4. The molecule has 0 aromatic heterocycles. The van der Waals surface area contributed by atoms with Gasteiger partial charge in [0.15, 0.2) is 11.6 Å². The predicted molar refractivity (Wildman–Crippen MR) is 252 cm³/mol. The Kier molecular flexibility index (Phi) is 17.6. The van der Waals surface area contributed by atoms with Crippen LogP contribution in [-0.2, 0) is 44.4 Å². The first-order valence-electron chi connectivity index (χ1n) is 20.4. The average molecular weight is 1050 g/mol. The summed E-state index contributed by atoms with van der Waals surface area (Å²) in [5.74, 6) is -5.36. The second-order valence-corrected chi connectivity index (χ2v) is 16.6. The number of hydrogen-bond donors (Lipinski definition) is 4. The number of alkyl halides is 6. The van der Waals surface area contributed by atoms with Crippen LogP contribution >= 0.6 is 46.4 Å². The van der Waals surface area contributed by atoms with Crippen molar-refractivity contribution >= 4 is 116 Å². The van der Waals surface area contributed by atoms with Crippen LogP contribution < -0.4 is 21.3 Å². The molecule has 14 nitrogen and oxygen atoms in total. The normalized spacial score (nSPS) is 12.7. The minimum Gasteiger partial charge on any atom is -0.323 e. The van der Waals surface area contributed by atoms with Crippen molar-refractivity contribution in [2.75, 3.05) is 21.3 Å². The van der Waals surface area contributed by atoms with Gasteiger partial charge in [0.1, 0.15) is 11.4 Å². The van der Waals surface area contributed by atoms with Gasteiger partial charge in [0, 0.05) is 32.5 Å². The van der Waals surface area contributed by atoms with Crippen LogP contribution in [0.2, 0.25) is 20.1 Å². The summed E-state index contributed by atoms with van der Waals surface area (Å²) >= 11 is 24.0. The van der Waals surface area contributed by atoms with E-state index in [2.05, 4.69) is 41.7 Å². The lowest BCUT2D eigenvalue weighted by Gasteiger charge is -2.20. The second kappa shape index (κ2) is 22.8. The zero-order valence-corrected chi connectivity index (χ0v) is 39.7. The van der Waals surface area contributed by atoms with E-state index in [1.54, 1.807) is 13.8 Å². The van der Waals surface area contributed by atoms with Gasteiger partial charge in [-0.05, 0) is 123 Å². The molecular weight excluding hydrogens is 1020 g/mol. The van der Waals surface area contributed by atoms with Gasteiger partial charge in [-0.2, -0.15) is 46.8 Å². The Morgan fingerprint density at radius 2 is 0.843 bits per heavy atom. The van der Waals surface area contributed by atoms with Gasteiger partial charge in [0.2, 0.25) is 12.1 Å². The first kappa shape index (κ1) is 54.2. The summed E-state index contributed by atoms with van der Waals surface area (Å²) in [5, 5.41) is 24.6. The smallest absolute Gasteiger partial charge is 0.323 e. The first-order chi connectivity index (χ1) is 32.8. The van der Waals surface area contributed by atoms with Crippen LogP contribution in [0.1, 0.15) is 70.7 Å². The van der Waals surface area contributed by atoms with Crippen molar-refractivity contribution in [1.29, 1.82) is 0 Å². The summed E-state index contributed by atoms with van der Waals surface area (Å²) in [6, 6.07) is 11.9. The number of carbonyl (C=O) groups is 6.